The van der Waals surface area contributed by atoms with Crippen molar-refractivity contribution in [3.05, 3.63) is 29.8 Å². The summed E-state index contributed by atoms with van der Waals surface area (Å²) in [7, 11) is 0. The summed E-state index contributed by atoms with van der Waals surface area (Å²) in [5, 5.41) is 6.19. The van der Waals surface area contributed by atoms with Crippen LogP contribution in [0.25, 0.3) is 0 Å². The van der Waals surface area contributed by atoms with Crippen molar-refractivity contribution in [1.82, 2.24) is 10.2 Å². The first kappa shape index (κ1) is 15.8. The SMILES string of the molecule is CC(C)(C)OC(=O)Nc1ccccc1CN1CCNCC1. The zero-order chi connectivity index (χ0) is 15.3. The van der Waals surface area contributed by atoms with Gasteiger partial charge in [0.15, 0.2) is 0 Å². The number of amides is 1. The van der Waals surface area contributed by atoms with Gasteiger partial charge in [-0.1, -0.05) is 18.2 Å². The molecule has 116 valence electrons. The lowest BCUT2D eigenvalue weighted by Crippen LogP contribution is -2.43. The third-order valence-electron chi connectivity index (χ3n) is 3.26. The number of benzene rings is 1. The van der Waals surface area contributed by atoms with Crippen LogP contribution in [0.1, 0.15) is 26.3 Å². The minimum Gasteiger partial charge on any atom is -0.444 e. The quantitative estimate of drug-likeness (QED) is 0.898. The van der Waals surface area contributed by atoms with Gasteiger partial charge < -0.3 is 10.1 Å². The molecule has 1 aliphatic rings. The van der Waals surface area contributed by atoms with Gasteiger partial charge in [-0.15, -0.1) is 0 Å². The van der Waals surface area contributed by atoms with Gasteiger partial charge in [0, 0.05) is 38.4 Å². The standard InChI is InChI=1S/C16H25N3O2/c1-16(2,3)21-15(20)18-14-7-5-4-6-13(14)12-19-10-8-17-9-11-19/h4-7,17H,8-12H2,1-3H3,(H,18,20). The summed E-state index contributed by atoms with van der Waals surface area (Å²) in [6, 6.07) is 7.89. The Labute approximate surface area is 126 Å². The molecule has 1 aromatic rings. The summed E-state index contributed by atoms with van der Waals surface area (Å²) in [6.07, 6.45) is -0.407. The summed E-state index contributed by atoms with van der Waals surface area (Å²) in [4.78, 5) is 14.3. The molecule has 21 heavy (non-hydrogen) atoms. The van der Waals surface area contributed by atoms with Crippen molar-refractivity contribution in [2.45, 2.75) is 32.9 Å². The summed E-state index contributed by atoms with van der Waals surface area (Å²) < 4.78 is 5.31. The number of piperazine rings is 1. The maximum Gasteiger partial charge on any atom is 0.412 e. The van der Waals surface area contributed by atoms with Gasteiger partial charge >= 0.3 is 6.09 Å². The van der Waals surface area contributed by atoms with E-state index >= 15 is 0 Å². The number of hydrogen-bond donors (Lipinski definition) is 2. The highest BCUT2D eigenvalue weighted by molar-refractivity contribution is 5.85. The molecule has 0 bridgehead atoms. The smallest absolute Gasteiger partial charge is 0.412 e. The summed E-state index contributed by atoms with van der Waals surface area (Å²) >= 11 is 0. The molecule has 0 spiro atoms. The number of anilines is 1. The minimum absolute atomic E-state index is 0.407. The lowest BCUT2D eigenvalue weighted by atomic mass is 10.1. The van der Waals surface area contributed by atoms with Crippen LogP contribution in [0.2, 0.25) is 0 Å². The fourth-order valence-electron chi connectivity index (χ4n) is 2.30. The molecule has 0 saturated carbocycles. The van der Waals surface area contributed by atoms with Gasteiger partial charge in [-0.05, 0) is 32.4 Å². The van der Waals surface area contributed by atoms with E-state index in [0.29, 0.717) is 0 Å². The van der Waals surface area contributed by atoms with E-state index in [1.807, 2.05) is 39.0 Å². The van der Waals surface area contributed by atoms with Crippen LogP contribution in [0.3, 0.4) is 0 Å². The number of nitrogens with one attached hydrogen (secondary N) is 2. The first-order chi connectivity index (χ1) is 9.94. The number of rotatable bonds is 3. The predicted octanol–water partition coefficient (Wildman–Crippen LogP) is 2.44. The van der Waals surface area contributed by atoms with Gasteiger partial charge in [-0.25, -0.2) is 4.79 Å². The highest BCUT2D eigenvalue weighted by Gasteiger charge is 2.18. The second-order valence-corrected chi connectivity index (χ2v) is 6.31. The van der Waals surface area contributed by atoms with Gasteiger partial charge in [0.25, 0.3) is 0 Å². The van der Waals surface area contributed by atoms with Crippen molar-refractivity contribution >= 4 is 11.8 Å². The predicted molar refractivity (Wildman–Crippen MR) is 84.4 cm³/mol. The molecule has 2 rings (SSSR count). The number of para-hydroxylation sites is 1. The Balaban J connectivity index is 2.00. The van der Waals surface area contributed by atoms with E-state index in [0.717, 1.165) is 44.0 Å². The lowest BCUT2D eigenvalue weighted by molar-refractivity contribution is 0.0635. The molecule has 5 heteroatoms. The van der Waals surface area contributed by atoms with E-state index in [2.05, 4.69) is 21.6 Å². The lowest BCUT2D eigenvalue weighted by Gasteiger charge is -2.28. The Morgan fingerprint density at radius 3 is 2.62 bits per heavy atom. The van der Waals surface area contributed by atoms with E-state index in [-0.39, 0.29) is 0 Å². The van der Waals surface area contributed by atoms with Crippen molar-refractivity contribution in [1.29, 1.82) is 0 Å². The van der Waals surface area contributed by atoms with Gasteiger partial charge in [-0.3, -0.25) is 10.2 Å². The summed E-state index contributed by atoms with van der Waals surface area (Å²) in [6.45, 7) is 10.5. The molecule has 0 aliphatic carbocycles. The van der Waals surface area contributed by atoms with Crippen LogP contribution in [0.15, 0.2) is 24.3 Å². The van der Waals surface area contributed by atoms with Gasteiger partial charge in [0.05, 0.1) is 0 Å². The molecular formula is C16H25N3O2. The Bertz CT molecular complexity index is 477. The van der Waals surface area contributed by atoms with E-state index in [1.165, 1.54) is 0 Å². The maximum absolute atomic E-state index is 11.9. The van der Waals surface area contributed by atoms with Crippen molar-refractivity contribution in [2.24, 2.45) is 0 Å². The van der Waals surface area contributed by atoms with Crippen LogP contribution >= 0.6 is 0 Å². The molecule has 5 nitrogen and oxygen atoms in total. The Hall–Kier alpha value is -1.59. The Kier molecular flexibility index (Phi) is 5.20. The summed E-state index contributed by atoms with van der Waals surface area (Å²) in [5.74, 6) is 0. The topological polar surface area (TPSA) is 53.6 Å². The number of carbonyl (C=O) groups is 1. The molecule has 1 fully saturated rings. The number of hydrogen-bond acceptors (Lipinski definition) is 4. The van der Waals surface area contributed by atoms with Crippen molar-refractivity contribution in [3.8, 4) is 0 Å². The average molecular weight is 291 g/mol. The third kappa shape index (κ3) is 5.36. The van der Waals surface area contributed by atoms with E-state index in [4.69, 9.17) is 4.74 Å². The third-order valence-corrected chi connectivity index (χ3v) is 3.26. The van der Waals surface area contributed by atoms with Crippen LogP contribution in [0.5, 0.6) is 0 Å². The highest BCUT2D eigenvalue weighted by Crippen LogP contribution is 2.19. The molecule has 0 radical (unpaired) electrons. The van der Waals surface area contributed by atoms with Gasteiger partial charge in [0.2, 0.25) is 0 Å². The van der Waals surface area contributed by atoms with Crippen molar-refractivity contribution < 1.29 is 9.53 Å². The van der Waals surface area contributed by atoms with Crippen molar-refractivity contribution in [2.75, 3.05) is 31.5 Å². The monoisotopic (exact) mass is 291 g/mol. The number of ether oxygens (including phenoxy) is 1. The largest absolute Gasteiger partial charge is 0.444 e. The molecule has 1 aromatic carbocycles. The molecule has 1 heterocycles. The first-order valence-corrected chi connectivity index (χ1v) is 7.45. The van der Waals surface area contributed by atoms with E-state index in [9.17, 15) is 4.79 Å². The van der Waals surface area contributed by atoms with Crippen molar-refractivity contribution in [3.63, 3.8) is 0 Å². The first-order valence-electron chi connectivity index (χ1n) is 7.45. The van der Waals surface area contributed by atoms with E-state index in [1.54, 1.807) is 0 Å². The summed E-state index contributed by atoms with van der Waals surface area (Å²) in [5.41, 5.74) is 1.45. The fourth-order valence-corrected chi connectivity index (χ4v) is 2.30. The average Bonchev–Trinajstić information content (AvgIpc) is 2.40. The van der Waals surface area contributed by atoms with Crippen LogP contribution in [0.4, 0.5) is 10.5 Å². The fraction of sp³-hybridized carbons (Fsp3) is 0.562. The van der Waals surface area contributed by atoms with Crippen LogP contribution < -0.4 is 10.6 Å². The molecule has 0 aromatic heterocycles. The maximum atomic E-state index is 11.9. The molecule has 1 amide bonds. The van der Waals surface area contributed by atoms with Gasteiger partial charge in [0.1, 0.15) is 5.60 Å². The zero-order valence-electron chi connectivity index (χ0n) is 13.1. The second kappa shape index (κ2) is 6.91. The van der Waals surface area contributed by atoms with Crippen LogP contribution in [-0.4, -0.2) is 42.8 Å². The second-order valence-electron chi connectivity index (χ2n) is 6.31. The van der Waals surface area contributed by atoms with E-state index < -0.39 is 11.7 Å². The van der Waals surface area contributed by atoms with Gasteiger partial charge in [-0.2, -0.15) is 0 Å². The highest BCUT2D eigenvalue weighted by atomic mass is 16.6. The molecule has 1 aliphatic heterocycles. The minimum atomic E-state index is -0.489. The molecule has 2 N–H and O–H groups in total. The molecule has 0 atom stereocenters. The number of nitrogens with zero attached hydrogens (tertiary/aromatic N) is 1. The van der Waals surface area contributed by atoms with Crippen LogP contribution in [0, 0.1) is 0 Å². The zero-order valence-corrected chi connectivity index (χ0v) is 13.1. The Morgan fingerprint density at radius 1 is 1.29 bits per heavy atom. The normalized spacial score (nSPS) is 16.5. The molecule has 0 unspecified atom stereocenters. The molecular weight excluding hydrogens is 266 g/mol. The van der Waals surface area contributed by atoms with Crippen LogP contribution in [-0.2, 0) is 11.3 Å². The number of carbonyl (C=O) groups excluding carboxylic acids is 1. The molecule has 1 saturated heterocycles. The Morgan fingerprint density at radius 2 is 1.95 bits per heavy atom.